The van der Waals surface area contributed by atoms with E-state index in [0.29, 0.717) is 15.1 Å². The summed E-state index contributed by atoms with van der Waals surface area (Å²) in [6.07, 6.45) is 0. The summed E-state index contributed by atoms with van der Waals surface area (Å²) < 4.78 is 22.1. The number of halogens is 3. The van der Waals surface area contributed by atoms with Crippen molar-refractivity contribution in [1.29, 1.82) is 0 Å². The normalized spacial score (nSPS) is 11.6. The van der Waals surface area contributed by atoms with E-state index in [2.05, 4.69) is 15.9 Å². The molecule has 0 N–H and O–H groups in total. The Kier molecular flexibility index (Phi) is 3.63. The van der Waals surface area contributed by atoms with Crippen molar-refractivity contribution in [3.63, 3.8) is 0 Å². The summed E-state index contributed by atoms with van der Waals surface area (Å²) in [5.41, 5.74) is 0.597. The van der Waals surface area contributed by atoms with Crippen LogP contribution in [0.4, 0.5) is 0 Å². The Labute approximate surface area is 94.4 Å². The molecule has 0 saturated heterocycles. The minimum absolute atomic E-state index is 0.202. The van der Waals surface area contributed by atoms with E-state index in [4.69, 9.17) is 22.3 Å². The fourth-order valence-electron chi connectivity index (χ4n) is 0.824. The first kappa shape index (κ1) is 11.3. The maximum atomic E-state index is 10.7. The summed E-state index contributed by atoms with van der Waals surface area (Å²) in [7, 11) is 1.58. The van der Waals surface area contributed by atoms with E-state index in [1.165, 1.54) is 0 Å². The molecule has 0 amide bonds. The number of hydrogen-bond donors (Lipinski definition) is 0. The second kappa shape index (κ2) is 4.17. The highest BCUT2D eigenvalue weighted by Crippen LogP contribution is 2.23. The summed E-state index contributed by atoms with van der Waals surface area (Å²) in [5.74, 6) is -0.202. The smallest absolute Gasteiger partial charge is 0.212 e. The first-order valence-corrected chi connectivity index (χ1v) is 6.90. The molecule has 0 saturated carbocycles. The molecule has 0 aliphatic rings. The maximum absolute atomic E-state index is 10.7. The number of benzene rings is 1. The lowest BCUT2D eigenvalue weighted by molar-refractivity contribution is 0.609. The van der Waals surface area contributed by atoms with Gasteiger partial charge in [0.15, 0.2) is 0 Å². The fraction of sp³-hybridized carbons (Fsp3) is 0.143. The molecule has 0 unspecified atom stereocenters. The molecule has 1 aromatic rings. The molecule has 0 bridgehead atoms. The summed E-state index contributed by atoms with van der Waals surface area (Å²) in [6, 6.07) is 4.86. The van der Waals surface area contributed by atoms with Gasteiger partial charge in [0.1, 0.15) is 0 Å². The average molecular weight is 304 g/mol. The molecular formula is C7H5BrCl2O2S. The van der Waals surface area contributed by atoms with Crippen molar-refractivity contribution in [2.24, 2.45) is 0 Å². The number of rotatable bonds is 2. The van der Waals surface area contributed by atoms with Crippen LogP contribution in [0.1, 0.15) is 5.56 Å². The van der Waals surface area contributed by atoms with Crippen LogP contribution >= 0.6 is 38.2 Å². The summed E-state index contributed by atoms with van der Waals surface area (Å²) in [4.78, 5) is 0. The van der Waals surface area contributed by atoms with E-state index < -0.39 is 9.05 Å². The molecule has 0 fully saturated rings. The van der Waals surface area contributed by atoms with Crippen molar-refractivity contribution < 1.29 is 8.42 Å². The molecule has 1 rings (SSSR count). The van der Waals surface area contributed by atoms with Crippen molar-refractivity contribution in [3.05, 3.63) is 33.3 Å². The molecule has 13 heavy (non-hydrogen) atoms. The lowest BCUT2D eigenvalue weighted by Crippen LogP contribution is -1.95. The van der Waals surface area contributed by atoms with Crippen LogP contribution in [-0.4, -0.2) is 8.42 Å². The Bertz CT molecular complexity index is 417. The molecule has 0 aliphatic carbocycles. The SMILES string of the molecule is O=S(=O)(Cl)Cc1ccc(Cl)cc1Br. The highest BCUT2D eigenvalue weighted by atomic mass is 79.9. The lowest BCUT2D eigenvalue weighted by Gasteiger charge is -2.01. The van der Waals surface area contributed by atoms with Crippen LogP contribution in [0.15, 0.2) is 22.7 Å². The van der Waals surface area contributed by atoms with Crippen LogP contribution in [0.2, 0.25) is 5.02 Å². The molecule has 0 spiro atoms. The van der Waals surface area contributed by atoms with Crippen molar-refractivity contribution in [2.75, 3.05) is 0 Å². The van der Waals surface area contributed by atoms with Gasteiger partial charge in [0.25, 0.3) is 0 Å². The van der Waals surface area contributed by atoms with Gasteiger partial charge >= 0.3 is 0 Å². The van der Waals surface area contributed by atoms with E-state index in [0.717, 1.165) is 0 Å². The molecule has 0 heterocycles. The third-order valence-corrected chi connectivity index (χ3v) is 3.30. The Balaban J connectivity index is 3.04. The van der Waals surface area contributed by atoms with E-state index in [1.807, 2.05) is 0 Å². The molecule has 0 aliphatic heterocycles. The fourth-order valence-corrected chi connectivity index (χ4v) is 2.81. The first-order chi connectivity index (χ1) is 5.88. The monoisotopic (exact) mass is 302 g/mol. The Morgan fingerprint density at radius 3 is 2.46 bits per heavy atom. The molecule has 6 heteroatoms. The average Bonchev–Trinajstić information content (AvgIpc) is 1.93. The van der Waals surface area contributed by atoms with E-state index in [-0.39, 0.29) is 5.75 Å². The van der Waals surface area contributed by atoms with Gasteiger partial charge in [-0.05, 0) is 17.7 Å². The zero-order valence-electron chi connectivity index (χ0n) is 6.30. The minimum Gasteiger partial charge on any atom is -0.212 e. The third-order valence-electron chi connectivity index (χ3n) is 1.34. The molecule has 2 nitrogen and oxygen atoms in total. The summed E-state index contributed by atoms with van der Waals surface area (Å²) in [6.45, 7) is 0. The van der Waals surface area contributed by atoms with Crippen LogP contribution in [0.25, 0.3) is 0 Å². The van der Waals surface area contributed by atoms with Crippen molar-refractivity contribution in [2.45, 2.75) is 5.75 Å². The van der Waals surface area contributed by atoms with Gasteiger partial charge in [-0.1, -0.05) is 33.6 Å². The predicted octanol–water partition coefficient (Wildman–Crippen LogP) is 3.17. The minimum atomic E-state index is -3.51. The van der Waals surface area contributed by atoms with E-state index in [1.54, 1.807) is 18.2 Å². The van der Waals surface area contributed by atoms with Gasteiger partial charge in [-0.25, -0.2) is 8.42 Å². The van der Waals surface area contributed by atoms with Gasteiger partial charge in [0.05, 0.1) is 5.75 Å². The zero-order chi connectivity index (χ0) is 10.1. The van der Waals surface area contributed by atoms with Crippen molar-refractivity contribution >= 4 is 47.3 Å². The topological polar surface area (TPSA) is 34.1 Å². The van der Waals surface area contributed by atoms with Crippen LogP contribution in [-0.2, 0) is 14.8 Å². The Hall–Kier alpha value is 0.230. The van der Waals surface area contributed by atoms with Crippen LogP contribution in [0.3, 0.4) is 0 Å². The van der Waals surface area contributed by atoms with Gasteiger partial charge < -0.3 is 0 Å². The second-order valence-corrected chi connectivity index (χ2v) is 6.49. The van der Waals surface area contributed by atoms with Crippen LogP contribution < -0.4 is 0 Å². The molecule has 0 radical (unpaired) electrons. The molecular weight excluding hydrogens is 299 g/mol. The van der Waals surface area contributed by atoms with Crippen molar-refractivity contribution in [3.8, 4) is 0 Å². The predicted molar refractivity (Wildman–Crippen MR) is 57.6 cm³/mol. The summed E-state index contributed by atoms with van der Waals surface area (Å²) >= 11 is 8.87. The molecule has 0 aromatic heterocycles. The Morgan fingerprint density at radius 1 is 1.38 bits per heavy atom. The zero-order valence-corrected chi connectivity index (χ0v) is 10.2. The van der Waals surface area contributed by atoms with Crippen LogP contribution in [0, 0.1) is 0 Å². The van der Waals surface area contributed by atoms with Gasteiger partial charge in [-0.15, -0.1) is 0 Å². The Morgan fingerprint density at radius 2 is 2.00 bits per heavy atom. The second-order valence-electron chi connectivity index (χ2n) is 2.42. The quantitative estimate of drug-likeness (QED) is 0.787. The van der Waals surface area contributed by atoms with E-state index in [9.17, 15) is 8.42 Å². The van der Waals surface area contributed by atoms with E-state index >= 15 is 0 Å². The standard InChI is InChI=1S/C7H5BrCl2O2S/c8-7-3-6(9)2-1-5(7)4-13(10,11)12/h1-3H,4H2. The van der Waals surface area contributed by atoms with Gasteiger partial charge in [-0.3, -0.25) is 0 Å². The lowest BCUT2D eigenvalue weighted by atomic mass is 10.2. The molecule has 72 valence electrons. The van der Waals surface area contributed by atoms with Gasteiger partial charge in [0, 0.05) is 20.2 Å². The summed E-state index contributed by atoms with van der Waals surface area (Å²) in [5, 5.41) is 0.544. The highest BCUT2D eigenvalue weighted by Gasteiger charge is 2.09. The van der Waals surface area contributed by atoms with Crippen molar-refractivity contribution in [1.82, 2.24) is 0 Å². The first-order valence-electron chi connectivity index (χ1n) is 3.25. The van der Waals surface area contributed by atoms with Crippen LogP contribution in [0.5, 0.6) is 0 Å². The molecule has 1 aromatic carbocycles. The molecule has 0 atom stereocenters. The third kappa shape index (κ3) is 3.85. The maximum Gasteiger partial charge on any atom is 0.236 e. The van der Waals surface area contributed by atoms with Gasteiger partial charge in [0.2, 0.25) is 9.05 Å². The highest BCUT2D eigenvalue weighted by molar-refractivity contribution is 9.10. The largest absolute Gasteiger partial charge is 0.236 e. The van der Waals surface area contributed by atoms with Gasteiger partial charge in [-0.2, -0.15) is 0 Å². The number of hydrogen-bond acceptors (Lipinski definition) is 2.